The van der Waals surface area contributed by atoms with E-state index >= 15 is 0 Å². The summed E-state index contributed by atoms with van der Waals surface area (Å²) in [6.07, 6.45) is 3.60. The molecule has 1 aromatic carbocycles. The summed E-state index contributed by atoms with van der Waals surface area (Å²) in [5.41, 5.74) is 2.09. The molecule has 1 aliphatic heterocycles. The van der Waals surface area contributed by atoms with Gasteiger partial charge in [0.25, 0.3) is 0 Å². The number of halogens is 1. The van der Waals surface area contributed by atoms with Gasteiger partial charge in [-0.05, 0) is 26.0 Å². The summed E-state index contributed by atoms with van der Waals surface area (Å²) in [5, 5.41) is 11.7. The van der Waals surface area contributed by atoms with E-state index in [-0.39, 0.29) is 6.04 Å². The van der Waals surface area contributed by atoms with E-state index < -0.39 is 6.10 Å². The van der Waals surface area contributed by atoms with Crippen molar-refractivity contribution in [3.05, 3.63) is 36.0 Å². The third-order valence-corrected chi connectivity index (χ3v) is 5.07. The lowest BCUT2D eigenvalue weighted by Gasteiger charge is -2.26. The van der Waals surface area contributed by atoms with Gasteiger partial charge in [-0.15, -0.1) is 0 Å². The number of aromatic amines is 1. The molecular formula is C14H17BrN2O. The first-order valence-corrected chi connectivity index (χ1v) is 7.20. The first-order chi connectivity index (χ1) is 8.68. The summed E-state index contributed by atoms with van der Waals surface area (Å²) in [5.74, 6) is 0. The van der Waals surface area contributed by atoms with Crippen LogP contribution in [0.15, 0.2) is 30.5 Å². The highest BCUT2D eigenvalue weighted by molar-refractivity contribution is 9.09. The van der Waals surface area contributed by atoms with E-state index in [1.807, 2.05) is 24.4 Å². The fourth-order valence-electron chi connectivity index (χ4n) is 2.85. The minimum atomic E-state index is -0.436. The molecule has 3 rings (SSSR count). The number of alkyl halides is 1. The number of fused-ring (bicyclic) bond motifs is 1. The first-order valence-electron chi connectivity index (χ1n) is 6.28. The number of aliphatic hydroxyl groups is 1. The fraction of sp³-hybridized carbons (Fsp3) is 0.429. The van der Waals surface area contributed by atoms with Gasteiger partial charge in [-0.3, -0.25) is 4.90 Å². The molecule has 1 saturated heterocycles. The molecule has 18 heavy (non-hydrogen) atoms. The van der Waals surface area contributed by atoms with E-state index in [1.165, 1.54) is 0 Å². The van der Waals surface area contributed by atoms with Crippen molar-refractivity contribution in [3.8, 4) is 0 Å². The van der Waals surface area contributed by atoms with Gasteiger partial charge >= 0.3 is 0 Å². The smallest absolute Gasteiger partial charge is 0.0966 e. The molecule has 0 aliphatic carbocycles. The minimum absolute atomic E-state index is 0.189. The Morgan fingerprint density at radius 1 is 1.39 bits per heavy atom. The second kappa shape index (κ2) is 4.68. The molecule has 2 heterocycles. The molecule has 1 aliphatic rings. The van der Waals surface area contributed by atoms with Crippen LogP contribution in [0.25, 0.3) is 10.9 Å². The van der Waals surface area contributed by atoms with Gasteiger partial charge in [-0.1, -0.05) is 34.1 Å². The number of rotatable bonds is 2. The summed E-state index contributed by atoms with van der Waals surface area (Å²) < 4.78 is 0. The number of hydrogen-bond acceptors (Lipinski definition) is 2. The summed E-state index contributed by atoms with van der Waals surface area (Å²) in [6, 6.07) is 8.30. The SMILES string of the molecule is CN1C(Br)CCC1C(O)c1c[nH]c2ccccc12. The highest BCUT2D eigenvalue weighted by Gasteiger charge is 2.35. The second-order valence-electron chi connectivity index (χ2n) is 4.98. The van der Waals surface area contributed by atoms with Gasteiger partial charge in [-0.25, -0.2) is 0 Å². The van der Waals surface area contributed by atoms with Gasteiger partial charge in [0, 0.05) is 28.7 Å². The molecule has 3 atom stereocenters. The number of likely N-dealkylation sites (N-methyl/N-ethyl adjacent to an activating group) is 1. The normalized spacial score (nSPS) is 26.8. The lowest BCUT2D eigenvalue weighted by Crippen LogP contribution is -2.33. The maximum Gasteiger partial charge on any atom is 0.0966 e. The highest BCUT2D eigenvalue weighted by Crippen LogP contribution is 2.36. The fourth-order valence-corrected chi connectivity index (χ4v) is 3.42. The molecular weight excluding hydrogens is 292 g/mol. The van der Waals surface area contributed by atoms with E-state index in [4.69, 9.17) is 0 Å². The van der Waals surface area contributed by atoms with Crippen molar-refractivity contribution in [2.24, 2.45) is 0 Å². The largest absolute Gasteiger partial charge is 0.387 e. The van der Waals surface area contributed by atoms with Crippen LogP contribution in [-0.2, 0) is 0 Å². The molecule has 2 aromatic rings. The number of aliphatic hydroxyl groups excluding tert-OH is 1. The van der Waals surface area contributed by atoms with Crippen LogP contribution in [0.5, 0.6) is 0 Å². The predicted molar refractivity (Wildman–Crippen MR) is 76.8 cm³/mol. The average molecular weight is 309 g/mol. The van der Waals surface area contributed by atoms with Crippen LogP contribution in [0.3, 0.4) is 0 Å². The molecule has 1 fully saturated rings. The highest BCUT2D eigenvalue weighted by atomic mass is 79.9. The Hall–Kier alpha value is -0.840. The number of hydrogen-bond donors (Lipinski definition) is 2. The lowest BCUT2D eigenvalue weighted by molar-refractivity contribution is 0.0841. The van der Waals surface area contributed by atoms with E-state index in [0.717, 1.165) is 29.3 Å². The maximum atomic E-state index is 10.6. The van der Waals surface area contributed by atoms with Gasteiger partial charge in [0.2, 0.25) is 0 Å². The van der Waals surface area contributed by atoms with Gasteiger partial charge in [-0.2, -0.15) is 0 Å². The van der Waals surface area contributed by atoms with Crippen LogP contribution in [0.4, 0.5) is 0 Å². The van der Waals surface area contributed by atoms with Crippen molar-refractivity contribution in [2.75, 3.05) is 7.05 Å². The molecule has 0 saturated carbocycles. The van der Waals surface area contributed by atoms with Crippen molar-refractivity contribution < 1.29 is 5.11 Å². The van der Waals surface area contributed by atoms with Gasteiger partial charge in [0.15, 0.2) is 0 Å². The number of para-hydroxylation sites is 1. The Kier molecular flexibility index (Phi) is 3.18. The van der Waals surface area contributed by atoms with Crippen molar-refractivity contribution >= 4 is 26.8 Å². The number of aromatic nitrogens is 1. The molecule has 4 heteroatoms. The van der Waals surface area contributed by atoms with Gasteiger partial charge in [0.05, 0.1) is 11.1 Å². The minimum Gasteiger partial charge on any atom is -0.387 e. The zero-order valence-corrected chi connectivity index (χ0v) is 11.9. The van der Waals surface area contributed by atoms with E-state index in [9.17, 15) is 5.11 Å². The van der Waals surface area contributed by atoms with Crippen molar-refractivity contribution in [2.45, 2.75) is 29.9 Å². The number of likely N-dealkylation sites (tertiary alicyclic amines) is 1. The monoisotopic (exact) mass is 308 g/mol. The zero-order chi connectivity index (χ0) is 12.7. The maximum absolute atomic E-state index is 10.6. The Morgan fingerprint density at radius 3 is 2.89 bits per heavy atom. The average Bonchev–Trinajstić information content (AvgIpc) is 2.94. The number of nitrogens with zero attached hydrogens (tertiary/aromatic N) is 1. The molecule has 0 spiro atoms. The summed E-state index contributed by atoms with van der Waals surface area (Å²) >= 11 is 3.63. The van der Waals surface area contributed by atoms with E-state index in [0.29, 0.717) is 4.95 Å². The Balaban J connectivity index is 1.95. The summed E-state index contributed by atoms with van der Waals surface area (Å²) in [6.45, 7) is 0. The van der Waals surface area contributed by atoms with Crippen LogP contribution in [0, 0.1) is 0 Å². The predicted octanol–water partition coefficient (Wildman–Crippen LogP) is 3.02. The van der Waals surface area contributed by atoms with Crippen LogP contribution in [0.2, 0.25) is 0 Å². The van der Waals surface area contributed by atoms with Crippen molar-refractivity contribution in [1.29, 1.82) is 0 Å². The molecule has 0 bridgehead atoms. The number of benzene rings is 1. The number of H-pyrrole nitrogens is 1. The van der Waals surface area contributed by atoms with E-state index in [1.54, 1.807) is 0 Å². The molecule has 1 aromatic heterocycles. The Bertz CT molecular complexity index is 553. The molecule has 3 unspecified atom stereocenters. The standard InChI is InChI=1S/C14H17BrN2O/c1-17-12(6-7-13(17)15)14(18)10-8-16-11-5-3-2-4-9(10)11/h2-5,8,12-14,16,18H,6-7H2,1H3. The molecule has 3 nitrogen and oxygen atoms in total. The van der Waals surface area contributed by atoms with Crippen LogP contribution in [-0.4, -0.2) is 33.0 Å². The van der Waals surface area contributed by atoms with Gasteiger partial charge in [0.1, 0.15) is 0 Å². The molecule has 0 amide bonds. The Morgan fingerprint density at radius 2 is 2.17 bits per heavy atom. The first kappa shape index (κ1) is 12.2. The van der Waals surface area contributed by atoms with Crippen molar-refractivity contribution in [3.63, 3.8) is 0 Å². The molecule has 96 valence electrons. The zero-order valence-electron chi connectivity index (χ0n) is 10.3. The van der Waals surface area contributed by atoms with Crippen molar-refractivity contribution in [1.82, 2.24) is 9.88 Å². The second-order valence-corrected chi connectivity index (χ2v) is 6.04. The lowest BCUT2D eigenvalue weighted by atomic mass is 10.00. The van der Waals surface area contributed by atoms with Crippen LogP contribution < -0.4 is 0 Å². The van der Waals surface area contributed by atoms with Crippen LogP contribution in [0.1, 0.15) is 24.5 Å². The van der Waals surface area contributed by atoms with Gasteiger partial charge < -0.3 is 10.1 Å². The molecule has 2 N–H and O–H groups in total. The topological polar surface area (TPSA) is 39.3 Å². The third-order valence-electron chi connectivity index (χ3n) is 3.97. The third kappa shape index (κ3) is 1.88. The summed E-state index contributed by atoms with van der Waals surface area (Å²) in [7, 11) is 2.06. The number of nitrogens with one attached hydrogen (secondary N) is 1. The van der Waals surface area contributed by atoms with Crippen LogP contribution >= 0.6 is 15.9 Å². The van der Waals surface area contributed by atoms with E-state index in [2.05, 4.69) is 38.9 Å². The molecule has 0 radical (unpaired) electrons. The quantitative estimate of drug-likeness (QED) is 0.661. The Labute approximate surface area is 115 Å². The summed E-state index contributed by atoms with van der Waals surface area (Å²) in [4.78, 5) is 5.82.